The van der Waals surface area contributed by atoms with Gasteiger partial charge in [-0.1, -0.05) is 13.8 Å². The molecule has 142 valence electrons. The Morgan fingerprint density at radius 3 is 2.46 bits per heavy atom. The van der Waals surface area contributed by atoms with Gasteiger partial charge >= 0.3 is 0 Å². The zero-order chi connectivity index (χ0) is 17.1. The number of morpholine rings is 1. The molecule has 2 rings (SSSR count). The summed E-state index contributed by atoms with van der Waals surface area (Å²) in [6.07, 6.45) is 1.35. The first kappa shape index (κ1) is 21.9. The summed E-state index contributed by atoms with van der Waals surface area (Å²) in [6, 6.07) is 0.394. The van der Waals surface area contributed by atoms with Gasteiger partial charge in [-0.3, -0.25) is 9.89 Å². The predicted molar refractivity (Wildman–Crippen MR) is 109 cm³/mol. The normalized spacial score (nSPS) is 27.8. The van der Waals surface area contributed by atoms with E-state index in [1.54, 1.807) is 7.11 Å². The largest absolute Gasteiger partial charge is 0.381 e. The van der Waals surface area contributed by atoms with Crippen LogP contribution in [-0.2, 0) is 9.47 Å². The summed E-state index contributed by atoms with van der Waals surface area (Å²) < 4.78 is 11.0. The van der Waals surface area contributed by atoms with E-state index in [-0.39, 0.29) is 34.9 Å². The molecule has 7 heteroatoms. The first-order valence-corrected chi connectivity index (χ1v) is 8.64. The monoisotopic (exact) mass is 454 g/mol. The van der Waals surface area contributed by atoms with E-state index in [0.717, 1.165) is 45.2 Å². The van der Waals surface area contributed by atoms with Crippen LogP contribution < -0.4 is 10.6 Å². The second-order valence-electron chi connectivity index (χ2n) is 7.82. The third-order valence-electron chi connectivity index (χ3n) is 5.55. The van der Waals surface area contributed by atoms with Crippen molar-refractivity contribution in [2.75, 3.05) is 47.0 Å². The molecule has 2 aliphatic rings. The van der Waals surface area contributed by atoms with Gasteiger partial charge in [0, 0.05) is 50.8 Å². The van der Waals surface area contributed by atoms with Crippen LogP contribution in [-0.4, -0.2) is 75.5 Å². The van der Waals surface area contributed by atoms with E-state index >= 15 is 0 Å². The first-order valence-electron chi connectivity index (χ1n) is 8.64. The lowest BCUT2D eigenvalue weighted by molar-refractivity contribution is -0.0923. The Hall–Kier alpha value is -0.120. The van der Waals surface area contributed by atoms with Gasteiger partial charge in [-0.05, 0) is 20.3 Å². The molecule has 1 heterocycles. The fraction of sp³-hybridized carbons (Fsp3) is 0.941. The smallest absolute Gasteiger partial charge is 0.191 e. The number of nitrogens with one attached hydrogen (secondary N) is 2. The average molecular weight is 454 g/mol. The van der Waals surface area contributed by atoms with Crippen LogP contribution in [0.4, 0.5) is 0 Å². The molecule has 2 unspecified atom stereocenters. The lowest BCUT2D eigenvalue weighted by Gasteiger charge is -2.51. The molecule has 0 radical (unpaired) electrons. The number of aliphatic imine (C=N–C) groups is 1. The van der Waals surface area contributed by atoms with Gasteiger partial charge in [0.05, 0.1) is 19.3 Å². The molecule has 1 saturated carbocycles. The van der Waals surface area contributed by atoms with Gasteiger partial charge in [0.2, 0.25) is 0 Å². The standard InChI is InChI=1S/C17H34N4O2.HI/c1-16(2,21-7-9-23-10-8-21)12-19-15(18-5)20-13-11-14(22-6)17(13,3)4;/h13-14H,7-12H2,1-6H3,(H2,18,19,20);1H. The number of hydrogen-bond acceptors (Lipinski definition) is 4. The summed E-state index contributed by atoms with van der Waals surface area (Å²) in [4.78, 5) is 6.86. The van der Waals surface area contributed by atoms with Crippen molar-refractivity contribution in [1.82, 2.24) is 15.5 Å². The molecule has 24 heavy (non-hydrogen) atoms. The van der Waals surface area contributed by atoms with Crippen molar-refractivity contribution in [1.29, 1.82) is 0 Å². The molecule has 0 aromatic rings. The highest BCUT2D eigenvalue weighted by Crippen LogP contribution is 2.42. The number of halogens is 1. The molecule has 0 spiro atoms. The fourth-order valence-corrected chi connectivity index (χ4v) is 3.47. The Bertz CT molecular complexity index is 423. The third-order valence-corrected chi connectivity index (χ3v) is 5.55. The van der Waals surface area contributed by atoms with Gasteiger partial charge in [0.15, 0.2) is 5.96 Å². The van der Waals surface area contributed by atoms with Gasteiger partial charge < -0.3 is 20.1 Å². The quantitative estimate of drug-likeness (QED) is 0.376. The number of methoxy groups -OCH3 is 1. The number of guanidine groups is 1. The zero-order valence-corrected chi connectivity index (χ0v) is 18.3. The summed E-state index contributed by atoms with van der Waals surface area (Å²) in [5.74, 6) is 0.874. The molecular weight excluding hydrogens is 419 g/mol. The van der Waals surface area contributed by atoms with Crippen molar-refractivity contribution < 1.29 is 9.47 Å². The van der Waals surface area contributed by atoms with Gasteiger partial charge in [-0.2, -0.15) is 0 Å². The lowest BCUT2D eigenvalue weighted by Crippen LogP contribution is -2.64. The van der Waals surface area contributed by atoms with Crippen molar-refractivity contribution in [3.8, 4) is 0 Å². The molecule has 1 saturated heterocycles. The Labute approximate surface area is 164 Å². The molecule has 1 aliphatic heterocycles. The molecule has 2 atom stereocenters. The molecular formula is C17H35IN4O2. The van der Waals surface area contributed by atoms with E-state index in [1.807, 2.05) is 7.05 Å². The molecule has 1 aliphatic carbocycles. The maximum absolute atomic E-state index is 5.52. The minimum atomic E-state index is 0. The highest BCUT2D eigenvalue weighted by molar-refractivity contribution is 14.0. The van der Waals surface area contributed by atoms with Crippen LogP contribution in [0.3, 0.4) is 0 Å². The summed E-state index contributed by atoms with van der Waals surface area (Å²) in [6.45, 7) is 13.5. The topological polar surface area (TPSA) is 58.1 Å². The van der Waals surface area contributed by atoms with Crippen molar-refractivity contribution in [3.05, 3.63) is 0 Å². The molecule has 6 nitrogen and oxygen atoms in total. The van der Waals surface area contributed by atoms with Gasteiger partial charge in [-0.15, -0.1) is 24.0 Å². The van der Waals surface area contributed by atoms with E-state index in [0.29, 0.717) is 12.1 Å². The summed E-state index contributed by atoms with van der Waals surface area (Å²) in [5, 5.41) is 7.04. The number of ether oxygens (including phenoxy) is 2. The molecule has 2 N–H and O–H groups in total. The second kappa shape index (κ2) is 9.00. The SMILES string of the molecule is CN=C(NCC(C)(C)N1CCOCC1)NC1CC(OC)C1(C)C.I. The van der Waals surface area contributed by atoms with Gasteiger partial charge in [0.25, 0.3) is 0 Å². The van der Waals surface area contributed by atoms with E-state index in [2.05, 4.69) is 48.2 Å². The molecule has 0 amide bonds. The maximum Gasteiger partial charge on any atom is 0.191 e. The van der Waals surface area contributed by atoms with Crippen molar-refractivity contribution in [2.45, 2.75) is 51.8 Å². The van der Waals surface area contributed by atoms with Crippen LogP contribution in [0.2, 0.25) is 0 Å². The summed E-state index contributed by atoms with van der Waals surface area (Å²) in [7, 11) is 3.62. The Kier molecular flexibility index (Phi) is 8.22. The highest BCUT2D eigenvalue weighted by atomic mass is 127. The Balaban J connectivity index is 0.00000288. The van der Waals surface area contributed by atoms with Crippen molar-refractivity contribution >= 4 is 29.9 Å². The van der Waals surface area contributed by atoms with Crippen molar-refractivity contribution in [2.24, 2.45) is 10.4 Å². The third kappa shape index (κ3) is 4.95. The Morgan fingerprint density at radius 2 is 1.96 bits per heavy atom. The average Bonchev–Trinajstić information content (AvgIpc) is 2.54. The molecule has 0 bridgehead atoms. The van der Waals surface area contributed by atoms with Crippen LogP contribution in [0.25, 0.3) is 0 Å². The van der Waals surface area contributed by atoms with Gasteiger partial charge in [-0.25, -0.2) is 0 Å². The lowest BCUT2D eigenvalue weighted by atomic mass is 9.64. The number of rotatable bonds is 5. The maximum atomic E-state index is 5.52. The van der Waals surface area contributed by atoms with Crippen molar-refractivity contribution in [3.63, 3.8) is 0 Å². The molecule has 0 aromatic carbocycles. The van der Waals surface area contributed by atoms with E-state index in [4.69, 9.17) is 9.47 Å². The van der Waals surface area contributed by atoms with Crippen LogP contribution in [0.5, 0.6) is 0 Å². The van der Waals surface area contributed by atoms with E-state index in [1.165, 1.54) is 0 Å². The van der Waals surface area contributed by atoms with Crippen LogP contribution in [0, 0.1) is 5.41 Å². The highest BCUT2D eigenvalue weighted by Gasteiger charge is 2.49. The zero-order valence-electron chi connectivity index (χ0n) is 16.0. The minimum Gasteiger partial charge on any atom is -0.381 e. The van der Waals surface area contributed by atoms with Gasteiger partial charge in [0.1, 0.15) is 0 Å². The number of hydrogen-bond donors (Lipinski definition) is 2. The molecule has 0 aromatic heterocycles. The minimum absolute atomic E-state index is 0. The van der Waals surface area contributed by atoms with Crippen LogP contribution in [0.1, 0.15) is 34.1 Å². The van der Waals surface area contributed by atoms with E-state index in [9.17, 15) is 0 Å². The summed E-state index contributed by atoms with van der Waals surface area (Å²) >= 11 is 0. The van der Waals surface area contributed by atoms with Crippen LogP contribution in [0.15, 0.2) is 4.99 Å². The second-order valence-corrected chi connectivity index (χ2v) is 7.82. The molecule has 2 fully saturated rings. The summed E-state index contributed by atoms with van der Waals surface area (Å²) in [5.41, 5.74) is 0.206. The predicted octanol–water partition coefficient (Wildman–Crippen LogP) is 1.69. The fourth-order valence-electron chi connectivity index (χ4n) is 3.47. The number of nitrogens with zero attached hydrogens (tertiary/aromatic N) is 2. The Morgan fingerprint density at radius 1 is 1.33 bits per heavy atom. The van der Waals surface area contributed by atoms with E-state index < -0.39 is 0 Å². The van der Waals surface area contributed by atoms with Crippen LogP contribution >= 0.6 is 24.0 Å². The first-order chi connectivity index (χ1) is 10.8.